The molecule has 4 saturated carbocycles. The Kier molecular flexibility index (Phi) is 5.78. The minimum atomic E-state index is -0.610. The van der Waals surface area contributed by atoms with E-state index in [2.05, 4.69) is 15.5 Å². The van der Waals surface area contributed by atoms with Gasteiger partial charge in [-0.25, -0.2) is 9.18 Å². The summed E-state index contributed by atoms with van der Waals surface area (Å²) in [5.74, 6) is 0.805. The Morgan fingerprint density at radius 3 is 2.31 bits per heavy atom. The second-order valence-corrected chi connectivity index (χ2v) is 10.6. The molecule has 4 aliphatic carbocycles. The molecule has 1 heterocycles. The van der Waals surface area contributed by atoms with Gasteiger partial charge in [0.2, 0.25) is 0 Å². The zero-order chi connectivity index (χ0) is 24.7. The number of carbonyl (C=O) groups excluding carboxylic acids is 2. The highest BCUT2D eigenvalue weighted by atomic mass is 19.1. The molecule has 9 heteroatoms. The predicted molar refractivity (Wildman–Crippen MR) is 127 cm³/mol. The van der Waals surface area contributed by atoms with Crippen LogP contribution < -0.4 is 0 Å². The number of halogens is 1. The molecule has 1 aromatic heterocycles. The number of carbonyl (C=O) groups is 2. The van der Waals surface area contributed by atoms with Gasteiger partial charge in [0.15, 0.2) is 6.61 Å². The van der Waals surface area contributed by atoms with Crippen molar-refractivity contribution in [2.45, 2.75) is 50.6 Å². The van der Waals surface area contributed by atoms with Crippen molar-refractivity contribution in [3.8, 4) is 5.69 Å². The molecule has 4 bridgehead atoms. The van der Waals surface area contributed by atoms with Crippen LogP contribution in [0, 0.1) is 23.6 Å². The second-order valence-electron chi connectivity index (χ2n) is 10.6. The first-order valence-electron chi connectivity index (χ1n) is 12.5. The van der Waals surface area contributed by atoms with Crippen LogP contribution in [-0.2, 0) is 16.1 Å². The lowest BCUT2D eigenvalue weighted by atomic mass is 9.52. The van der Waals surface area contributed by atoms with E-state index in [-0.39, 0.29) is 29.4 Å². The molecular weight excluding hydrogens is 461 g/mol. The molecule has 0 atom stereocenters. The summed E-state index contributed by atoms with van der Waals surface area (Å²) < 4.78 is 20.5. The van der Waals surface area contributed by atoms with Crippen LogP contribution in [0.15, 0.2) is 54.9 Å². The summed E-state index contributed by atoms with van der Waals surface area (Å²) in [6.07, 6.45) is 8.11. The van der Waals surface area contributed by atoms with Crippen molar-refractivity contribution in [3.63, 3.8) is 0 Å². The highest BCUT2D eigenvalue weighted by Crippen LogP contribution is 2.58. The Hall–Kier alpha value is -3.62. The lowest BCUT2D eigenvalue weighted by Gasteiger charge is -2.60. The number of benzene rings is 2. The summed E-state index contributed by atoms with van der Waals surface area (Å²) in [6.45, 7) is 0.0236. The van der Waals surface area contributed by atoms with E-state index < -0.39 is 5.97 Å². The minimum absolute atomic E-state index is 0.213. The van der Waals surface area contributed by atoms with Crippen LogP contribution in [0.1, 0.15) is 54.4 Å². The third-order valence-corrected chi connectivity index (χ3v) is 8.18. The predicted octanol–water partition coefficient (Wildman–Crippen LogP) is 3.96. The van der Waals surface area contributed by atoms with Crippen molar-refractivity contribution in [2.75, 3.05) is 6.61 Å². The fourth-order valence-electron chi connectivity index (χ4n) is 7.09. The normalized spacial score (nSPS) is 26.1. The second kappa shape index (κ2) is 9.11. The number of hydrogen-bond acceptors (Lipinski definition) is 6. The van der Waals surface area contributed by atoms with Crippen LogP contribution in [0.4, 0.5) is 4.39 Å². The van der Waals surface area contributed by atoms with E-state index in [1.54, 1.807) is 36.4 Å². The van der Waals surface area contributed by atoms with Crippen LogP contribution in [0.5, 0.6) is 0 Å². The number of esters is 1. The molecule has 4 fully saturated rings. The molecule has 186 valence electrons. The first-order valence-corrected chi connectivity index (χ1v) is 12.5. The summed E-state index contributed by atoms with van der Waals surface area (Å²) in [5, 5.41) is 11.1. The molecule has 8 nitrogen and oxygen atoms in total. The molecule has 36 heavy (non-hydrogen) atoms. The first kappa shape index (κ1) is 22.8. The van der Waals surface area contributed by atoms with Gasteiger partial charge in [-0.1, -0.05) is 24.3 Å². The summed E-state index contributed by atoms with van der Waals surface area (Å²) in [6, 6.07) is 13.1. The average molecular weight is 490 g/mol. The lowest BCUT2D eigenvalue weighted by Crippen LogP contribution is -2.61. The molecular formula is C27H28FN5O3. The van der Waals surface area contributed by atoms with Crippen LogP contribution in [0.3, 0.4) is 0 Å². The van der Waals surface area contributed by atoms with E-state index in [0.29, 0.717) is 30.0 Å². The van der Waals surface area contributed by atoms with Gasteiger partial charge in [0.05, 0.1) is 11.3 Å². The average Bonchev–Trinajstić information content (AvgIpc) is 3.41. The van der Waals surface area contributed by atoms with E-state index >= 15 is 0 Å². The largest absolute Gasteiger partial charge is 0.452 e. The monoisotopic (exact) mass is 489 g/mol. The van der Waals surface area contributed by atoms with Gasteiger partial charge in [0.1, 0.15) is 12.1 Å². The van der Waals surface area contributed by atoms with Crippen LogP contribution >= 0.6 is 0 Å². The third kappa shape index (κ3) is 4.27. The molecule has 1 amide bonds. The third-order valence-electron chi connectivity index (χ3n) is 8.18. The Labute approximate surface area is 208 Å². The van der Waals surface area contributed by atoms with E-state index in [0.717, 1.165) is 24.8 Å². The van der Waals surface area contributed by atoms with Crippen molar-refractivity contribution >= 4 is 11.9 Å². The van der Waals surface area contributed by atoms with Crippen molar-refractivity contribution in [1.29, 1.82) is 0 Å². The molecule has 4 aliphatic rings. The number of hydrogen-bond donors (Lipinski definition) is 0. The van der Waals surface area contributed by atoms with Gasteiger partial charge >= 0.3 is 5.97 Å². The summed E-state index contributed by atoms with van der Waals surface area (Å²) >= 11 is 0. The number of nitrogens with zero attached hydrogens (tertiary/aromatic N) is 5. The standard InChI is InChI=1S/C27H28FN5O3/c28-22-7-5-18(6-8-22)15-32(27-12-19-9-20(13-27)11-21(10-19)14-27)25(34)16-36-26(35)23-3-1-2-4-24(23)33-17-29-30-31-33/h1-8,17,19-21H,9-16H2. The van der Waals surface area contributed by atoms with Crippen LogP contribution in [0.2, 0.25) is 0 Å². The molecule has 0 N–H and O–H groups in total. The Morgan fingerprint density at radius 2 is 1.67 bits per heavy atom. The highest BCUT2D eigenvalue weighted by Gasteiger charge is 2.54. The van der Waals surface area contributed by atoms with E-state index in [4.69, 9.17) is 4.74 Å². The molecule has 0 unspecified atom stereocenters. The number of rotatable bonds is 7. The van der Waals surface area contributed by atoms with Gasteiger partial charge in [-0.3, -0.25) is 4.79 Å². The smallest absolute Gasteiger partial charge is 0.340 e. The SMILES string of the molecule is O=C(OCC(=O)N(Cc1ccc(F)cc1)C12CC3CC(CC(C3)C1)C2)c1ccccc1-n1cnnn1. The van der Waals surface area contributed by atoms with Gasteiger partial charge in [-0.2, -0.15) is 4.68 Å². The van der Waals surface area contributed by atoms with Gasteiger partial charge in [0, 0.05) is 12.1 Å². The van der Waals surface area contributed by atoms with E-state index in [1.807, 2.05) is 4.90 Å². The Morgan fingerprint density at radius 1 is 1.00 bits per heavy atom. The van der Waals surface area contributed by atoms with Crippen molar-refractivity contribution < 1.29 is 18.7 Å². The van der Waals surface area contributed by atoms with Gasteiger partial charge < -0.3 is 9.64 Å². The van der Waals surface area contributed by atoms with Crippen LogP contribution in [-0.4, -0.2) is 49.1 Å². The maximum Gasteiger partial charge on any atom is 0.340 e. The van der Waals surface area contributed by atoms with Crippen molar-refractivity contribution in [2.24, 2.45) is 17.8 Å². The summed E-state index contributed by atoms with van der Waals surface area (Å²) in [4.78, 5) is 28.7. The number of amides is 1. The van der Waals surface area contributed by atoms with Gasteiger partial charge in [0.25, 0.3) is 5.91 Å². The van der Waals surface area contributed by atoms with Gasteiger partial charge in [-0.15, -0.1) is 5.10 Å². The lowest BCUT2D eigenvalue weighted by molar-refractivity contribution is -0.155. The van der Waals surface area contributed by atoms with Crippen molar-refractivity contribution in [3.05, 3.63) is 71.8 Å². The topological polar surface area (TPSA) is 90.2 Å². The fraction of sp³-hybridized carbons (Fsp3) is 0.444. The zero-order valence-corrected chi connectivity index (χ0v) is 19.9. The summed E-state index contributed by atoms with van der Waals surface area (Å²) in [7, 11) is 0. The number of aromatic nitrogens is 4. The van der Waals surface area contributed by atoms with E-state index in [9.17, 15) is 14.0 Å². The molecule has 3 aromatic rings. The first-order chi connectivity index (χ1) is 17.5. The molecule has 0 aliphatic heterocycles. The number of para-hydroxylation sites is 1. The number of tetrazole rings is 1. The maximum atomic E-state index is 13.7. The molecule has 0 spiro atoms. The molecule has 0 radical (unpaired) electrons. The molecule has 7 rings (SSSR count). The molecule has 2 aromatic carbocycles. The summed E-state index contributed by atoms with van der Waals surface area (Å²) in [5.41, 5.74) is 1.40. The quantitative estimate of drug-likeness (QED) is 0.467. The molecule has 0 saturated heterocycles. The minimum Gasteiger partial charge on any atom is -0.452 e. The fourth-order valence-corrected chi connectivity index (χ4v) is 7.09. The highest BCUT2D eigenvalue weighted by molar-refractivity contribution is 5.94. The number of ether oxygens (including phenoxy) is 1. The van der Waals surface area contributed by atoms with Crippen LogP contribution in [0.25, 0.3) is 5.69 Å². The van der Waals surface area contributed by atoms with Crippen molar-refractivity contribution in [1.82, 2.24) is 25.1 Å². The zero-order valence-electron chi connectivity index (χ0n) is 19.9. The Balaban J connectivity index is 1.23. The van der Waals surface area contributed by atoms with E-state index in [1.165, 1.54) is 42.4 Å². The Bertz CT molecular complexity index is 1230. The van der Waals surface area contributed by atoms with Gasteiger partial charge in [-0.05, 0) is 96.5 Å². The maximum absolute atomic E-state index is 13.7.